The lowest BCUT2D eigenvalue weighted by atomic mass is 9.77. The Labute approximate surface area is 123 Å². The molecule has 0 aromatic heterocycles. The van der Waals surface area contributed by atoms with Crippen LogP contribution < -0.4 is 0 Å². The molecule has 0 spiro atoms. The third-order valence-electron chi connectivity index (χ3n) is 4.46. The van der Waals surface area contributed by atoms with Gasteiger partial charge in [-0.15, -0.1) is 0 Å². The van der Waals surface area contributed by atoms with Crippen molar-refractivity contribution in [2.24, 2.45) is 5.92 Å². The molecule has 0 radical (unpaired) electrons. The number of nitrogens with zero attached hydrogens (tertiary/aromatic N) is 1. The highest BCUT2D eigenvalue weighted by Crippen LogP contribution is 2.37. The van der Waals surface area contributed by atoms with E-state index in [1.165, 1.54) is 50.5 Å². The van der Waals surface area contributed by atoms with Gasteiger partial charge in [0.05, 0.1) is 0 Å². The van der Waals surface area contributed by atoms with Crippen LogP contribution in [0.3, 0.4) is 0 Å². The Bertz CT molecular complexity index is 501. The number of benzene rings is 1. The molecule has 1 saturated carbocycles. The summed E-state index contributed by atoms with van der Waals surface area (Å²) in [5.41, 5.74) is 2.38. The zero-order chi connectivity index (χ0) is 14.2. The molecule has 104 valence electrons. The van der Waals surface area contributed by atoms with Crippen molar-refractivity contribution in [1.29, 1.82) is 5.26 Å². The van der Waals surface area contributed by atoms with Crippen LogP contribution in [0.1, 0.15) is 68.9 Å². The van der Waals surface area contributed by atoms with Crippen LogP contribution in [0.4, 0.5) is 0 Å². The fourth-order valence-corrected chi connectivity index (χ4v) is 3.22. The highest BCUT2D eigenvalue weighted by atomic mass is 14.3. The van der Waals surface area contributed by atoms with Gasteiger partial charge in [-0.25, -0.2) is 0 Å². The molecule has 1 fully saturated rings. The summed E-state index contributed by atoms with van der Waals surface area (Å²) in [7, 11) is 0. The van der Waals surface area contributed by atoms with Gasteiger partial charge in [-0.05, 0) is 55.2 Å². The van der Waals surface area contributed by atoms with Gasteiger partial charge in [0.1, 0.15) is 0 Å². The first kappa shape index (κ1) is 14.7. The van der Waals surface area contributed by atoms with Crippen LogP contribution in [0.5, 0.6) is 0 Å². The fraction of sp³-hybridized carbons (Fsp3) is 0.526. The number of unbranched alkanes of at least 4 members (excludes halogenated alkanes) is 1. The first-order valence-corrected chi connectivity index (χ1v) is 7.83. The van der Waals surface area contributed by atoms with Gasteiger partial charge >= 0.3 is 0 Å². The van der Waals surface area contributed by atoms with Crippen LogP contribution in [0.15, 0.2) is 24.3 Å². The monoisotopic (exact) mass is 265 g/mol. The number of hydrogen-bond donors (Lipinski definition) is 0. The van der Waals surface area contributed by atoms with E-state index in [0.29, 0.717) is 0 Å². The maximum Gasteiger partial charge on any atom is 0.152 e. The molecular weight excluding hydrogens is 242 g/mol. The van der Waals surface area contributed by atoms with Gasteiger partial charge in [-0.2, -0.15) is 5.26 Å². The molecule has 0 N–H and O–H groups in total. The van der Waals surface area contributed by atoms with E-state index < -0.39 is 0 Å². The molecular formula is C19H23N. The van der Waals surface area contributed by atoms with Crippen molar-refractivity contribution in [3.05, 3.63) is 35.4 Å². The Hall–Kier alpha value is -1.73. The lowest BCUT2D eigenvalue weighted by Gasteiger charge is -2.28. The molecule has 20 heavy (non-hydrogen) atoms. The maximum atomic E-state index is 8.45. The van der Waals surface area contributed by atoms with Gasteiger partial charge in [0.2, 0.25) is 0 Å². The smallest absolute Gasteiger partial charge is 0.152 e. The summed E-state index contributed by atoms with van der Waals surface area (Å²) < 4.78 is 0. The average Bonchev–Trinajstić information content (AvgIpc) is 2.52. The second-order valence-corrected chi connectivity index (χ2v) is 5.84. The standard InChI is InChI=1S/C19H23N/c1-2-3-5-16-7-11-18(12-8-16)19-13-9-17(10-14-19)6-4-15-20/h9-10,13-14,16,18H,2-3,5,7-8,11-12H2,1H3/t16-,18-. The minimum atomic E-state index is 0.728. The van der Waals surface area contributed by atoms with Crippen LogP contribution in [0.2, 0.25) is 0 Å². The van der Waals surface area contributed by atoms with Gasteiger partial charge in [0, 0.05) is 11.5 Å². The molecule has 0 unspecified atom stereocenters. The van der Waals surface area contributed by atoms with Gasteiger partial charge in [-0.1, -0.05) is 44.2 Å². The van der Waals surface area contributed by atoms with E-state index >= 15 is 0 Å². The summed E-state index contributed by atoms with van der Waals surface area (Å²) in [6.45, 7) is 2.28. The Morgan fingerprint density at radius 3 is 2.40 bits per heavy atom. The van der Waals surface area contributed by atoms with Gasteiger partial charge in [0.25, 0.3) is 0 Å². The predicted octanol–water partition coefficient (Wildman–Crippen LogP) is 5.03. The summed E-state index contributed by atoms with van der Waals surface area (Å²) in [6.07, 6.45) is 9.58. The van der Waals surface area contributed by atoms with Crippen LogP contribution in [-0.2, 0) is 0 Å². The first-order valence-electron chi connectivity index (χ1n) is 7.83. The highest BCUT2D eigenvalue weighted by molar-refractivity contribution is 5.39. The van der Waals surface area contributed by atoms with E-state index in [1.807, 2.05) is 18.2 Å². The largest absolute Gasteiger partial charge is 0.183 e. The zero-order valence-corrected chi connectivity index (χ0v) is 12.4. The van der Waals surface area contributed by atoms with Crippen molar-refractivity contribution < 1.29 is 0 Å². The van der Waals surface area contributed by atoms with Crippen molar-refractivity contribution in [2.75, 3.05) is 0 Å². The first-order chi connectivity index (χ1) is 9.83. The minimum absolute atomic E-state index is 0.728. The van der Waals surface area contributed by atoms with E-state index in [9.17, 15) is 0 Å². The topological polar surface area (TPSA) is 23.8 Å². The molecule has 1 aromatic rings. The Morgan fingerprint density at radius 2 is 1.80 bits per heavy atom. The van der Waals surface area contributed by atoms with Gasteiger partial charge in [0.15, 0.2) is 6.07 Å². The summed E-state index contributed by atoms with van der Waals surface area (Å²) in [4.78, 5) is 0. The minimum Gasteiger partial charge on any atom is -0.183 e. The zero-order valence-electron chi connectivity index (χ0n) is 12.4. The second-order valence-electron chi connectivity index (χ2n) is 5.84. The molecule has 0 heterocycles. The number of nitriles is 1. The van der Waals surface area contributed by atoms with Gasteiger partial charge < -0.3 is 0 Å². The molecule has 0 aliphatic heterocycles. The SMILES string of the molecule is CCCC[C@H]1CC[C@H](c2ccc(C#CC#N)cc2)CC1. The molecule has 2 rings (SSSR count). The third-order valence-corrected chi connectivity index (χ3v) is 4.46. The van der Waals surface area contributed by atoms with Crippen molar-refractivity contribution in [3.8, 4) is 17.9 Å². The molecule has 1 aromatic carbocycles. The molecule has 0 bridgehead atoms. The quantitative estimate of drug-likeness (QED) is 0.701. The lowest BCUT2D eigenvalue weighted by Crippen LogP contribution is -2.13. The van der Waals surface area contributed by atoms with E-state index in [-0.39, 0.29) is 0 Å². The normalized spacial score (nSPS) is 21.6. The molecule has 0 atom stereocenters. The van der Waals surface area contributed by atoms with E-state index in [2.05, 4.69) is 30.9 Å². The van der Waals surface area contributed by atoms with Crippen molar-refractivity contribution >= 4 is 0 Å². The number of rotatable bonds is 4. The van der Waals surface area contributed by atoms with Crippen LogP contribution >= 0.6 is 0 Å². The summed E-state index contributed by atoms with van der Waals surface area (Å²) >= 11 is 0. The van der Waals surface area contributed by atoms with Gasteiger partial charge in [-0.3, -0.25) is 0 Å². The van der Waals surface area contributed by atoms with E-state index in [4.69, 9.17) is 5.26 Å². The Morgan fingerprint density at radius 1 is 1.10 bits per heavy atom. The molecule has 1 nitrogen and oxygen atoms in total. The van der Waals surface area contributed by atoms with Crippen molar-refractivity contribution in [1.82, 2.24) is 0 Å². The Kier molecular flexibility index (Phi) is 5.69. The molecule has 1 aliphatic carbocycles. The maximum absolute atomic E-state index is 8.45. The predicted molar refractivity (Wildman–Crippen MR) is 83.2 cm³/mol. The summed E-state index contributed by atoms with van der Waals surface area (Å²) in [5.74, 6) is 6.98. The second kappa shape index (κ2) is 7.76. The van der Waals surface area contributed by atoms with Crippen molar-refractivity contribution in [2.45, 2.75) is 57.8 Å². The molecule has 0 saturated heterocycles. The average molecular weight is 265 g/mol. The highest BCUT2D eigenvalue weighted by Gasteiger charge is 2.21. The van der Waals surface area contributed by atoms with E-state index in [1.54, 1.807) is 0 Å². The van der Waals surface area contributed by atoms with Crippen LogP contribution in [-0.4, -0.2) is 0 Å². The molecule has 0 amide bonds. The van der Waals surface area contributed by atoms with Crippen LogP contribution in [0.25, 0.3) is 0 Å². The lowest BCUT2D eigenvalue weighted by molar-refractivity contribution is 0.304. The van der Waals surface area contributed by atoms with Crippen molar-refractivity contribution in [3.63, 3.8) is 0 Å². The summed E-state index contributed by atoms with van der Waals surface area (Å²) in [6, 6.07) is 10.3. The molecule has 1 aliphatic rings. The van der Waals surface area contributed by atoms with Crippen LogP contribution in [0, 0.1) is 29.1 Å². The van der Waals surface area contributed by atoms with E-state index in [0.717, 1.165) is 17.4 Å². The fourth-order valence-electron chi connectivity index (χ4n) is 3.22. The third kappa shape index (κ3) is 4.14. The number of hydrogen-bond acceptors (Lipinski definition) is 1. The Balaban J connectivity index is 1.89. The molecule has 1 heteroatoms. The summed E-state index contributed by atoms with van der Waals surface area (Å²) in [5, 5.41) is 8.45.